The van der Waals surface area contributed by atoms with Crippen molar-refractivity contribution in [3.63, 3.8) is 0 Å². The summed E-state index contributed by atoms with van der Waals surface area (Å²) in [6, 6.07) is 9.48. The molecule has 0 aliphatic carbocycles. The Morgan fingerprint density at radius 2 is 1.84 bits per heavy atom. The van der Waals surface area contributed by atoms with E-state index < -0.39 is 11.9 Å². The molecule has 0 saturated heterocycles. The average Bonchev–Trinajstić information content (AvgIpc) is 3.14. The van der Waals surface area contributed by atoms with Gasteiger partial charge in [0.05, 0.1) is 11.3 Å². The fraction of sp³-hybridized carbons (Fsp3) is 0.278. The van der Waals surface area contributed by atoms with Gasteiger partial charge in [-0.2, -0.15) is 0 Å². The first-order valence-electron chi connectivity index (χ1n) is 7.78. The highest BCUT2D eigenvalue weighted by molar-refractivity contribution is 7.12. The molecule has 0 unspecified atom stereocenters. The Kier molecular flexibility index (Phi) is 7.28. The molecule has 2 aromatic rings. The summed E-state index contributed by atoms with van der Waals surface area (Å²) >= 11 is 1.32. The molecule has 1 aromatic carbocycles. The molecule has 0 aliphatic rings. The third kappa shape index (κ3) is 6.84. The van der Waals surface area contributed by atoms with Crippen LogP contribution in [0.1, 0.15) is 28.1 Å². The van der Waals surface area contributed by atoms with E-state index in [2.05, 4.69) is 5.32 Å². The van der Waals surface area contributed by atoms with Gasteiger partial charge in [0.1, 0.15) is 5.82 Å². The van der Waals surface area contributed by atoms with Crippen LogP contribution in [0.15, 0.2) is 41.8 Å². The van der Waals surface area contributed by atoms with E-state index in [4.69, 9.17) is 4.74 Å². The fourth-order valence-corrected chi connectivity index (χ4v) is 2.74. The van der Waals surface area contributed by atoms with Gasteiger partial charge in [-0.3, -0.25) is 14.4 Å². The van der Waals surface area contributed by atoms with E-state index in [-0.39, 0.29) is 31.0 Å². The zero-order chi connectivity index (χ0) is 18.1. The van der Waals surface area contributed by atoms with Gasteiger partial charge in [0.15, 0.2) is 12.4 Å². The quantitative estimate of drug-likeness (QED) is 0.549. The molecule has 0 atom stereocenters. The predicted molar refractivity (Wildman–Crippen MR) is 92.0 cm³/mol. The molecule has 132 valence electrons. The van der Waals surface area contributed by atoms with Crippen molar-refractivity contribution in [2.24, 2.45) is 0 Å². The fourth-order valence-electron chi connectivity index (χ4n) is 2.04. The molecule has 0 bridgehead atoms. The molecule has 1 N–H and O–H groups in total. The van der Waals surface area contributed by atoms with E-state index in [0.717, 1.165) is 5.56 Å². The van der Waals surface area contributed by atoms with E-state index in [0.29, 0.717) is 17.8 Å². The molecule has 1 aromatic heterocycles. The minimum absolute atomic E-state index is 0.0560. The number of thiophene rings is 1. The lowest BCUT2D eigenvalue weighted by Crippen LogP contribution is -2.30. The van der Waals surface area contributed by atoms with Crippen LogP contribution in [-0.4, -0.2) is 30.8 Å². The molecule has 0 spiro atoms. The van der Waals surface area contributed by atoms with Gasteiger partial charge in [0.25, 0.3) is 5.91 Å². The number of esters is 1. The molecular formula is C18H18FNO4S. The van der Waals surface area contributed by atoms with Crippen LogP contribution in [0.25, 0.3) is 0 Å². The molecule has 0 aliphatic heterocycles. The van der Waals surface area contributed by atoms with Crippen LogP contribution in [0.5, 0.6) is 0 Å². The summed E-state index contributed by atoms with van der Waals surface area (Å²) in [6.07, 6.45) is 0.556. The van der Waals surface area contributed by atoms with Crippen LogP contribution in [0.3, 0.4) is 0 Å². The number of hydrogen-bond acceptors (Lipinski definition) is 5. The topological polar surface area (TPSA) is 72.5 Å². The zero-order valence-electron chi connectivity index (χ0n) is 13.5. The number of benzene rings is 1. The maximum absolute atomic E-state index is 12.8. The lowest BCUT2D eigenvalue weighted by molar-refractivity contribution is -0.148. The van der Waals surface area contributed by atoms with Gasteiger partial charge in [-0.25, -0.2) is 4.39 Å². The van der Waals surface area contributed by atoms with Gasteiger partial charge in [-0.05, 0) is 35.6 Å². The summed E-state index contributed by atoms with van der Waals surface area (Å²) in [7, 11) is 0. The number of amides is 1. The number of Topliss-reactive ketones (excluding diaryl/α,β-unsaturated/α-hetero) is 1. The molecular weight excluding hydrogens is 345 g/mol. The number of carbonyl (C=O) groups excluding carboxylic acids is 3. The highest BCUT2D eigenvalue weighted by Crippen LogP contribution is 2.12. The first-order valence-corrected chi connectivity index (χ1v) is 8.66. The van der Waals surface area contributed by atoms with Crippen LogP contribution >= 0.6 is 11.3 Å². The van der Waals surface area contributed by atoms with E-state index in [1.54, 1.807) is 29.6 Å². The Balaban J connectivity index is 1.58. The molecule has 0 radical (unpaired) electrons. The second-order valence-electron chi connectivity index (χ2n) is 5.29. The van der Waals surface area contributed by atoms with E-state index in [1.165, 1.54) is 23.5 Å². The Hall–Kier alpha value is -2.54. The van der Waals surface area contributed by atoms with Gasteiger partial charge >= 0.3 is 5.97 Å². The maximum atomic E-state index is 12.8. The van der Waals surface area contributed by atoms with Crippen LogP contribution in [-0.2, 0) is 20.7 Å². The highest BCUT2D eigenvalue weighted by atomic mass is 32.1. The predicted octanol–water partition coefficient (Wildman–Crippen LogP) is 2.75. The minimum atomic E-state index is -0.585. The third-order valence-electron chi connectivity index (χ3n) is 3.37. The Morgan fingerprint density at radius 3 is 2.52 bits per heavy atom. The molecule has 1 heterocycles. The van der Waals surface area contributed by atoms with Crippen molar-refractivity contribution in [3.8, 4) is 0 Å². The first kappa shape index (κ1) is 18.8. The molecule has 5 nitrogen and oxygen atoms in total. The molecule has 1 amide bonds. The van der Waals surface area contributed by atoms with E-state index >= 15 is 0 Å². The minimum Gasteiger partial charge on any atom is -0.456 e. The van der Waals surface area contributed by atoms with Crippen LogP contribution in [0.2, 0.25) is 0 Å². The molecule has 25 heavy (non-hydrogen) atoms. The largest absolute Gasteiger partial charge is 0.456 e. The van der Waals surface area contributed by atoms with Gasteiger partial charge in [0, 0.05) is 13.0 Å². The number of ether oxygens (including phenoxy) is 1. The summed E-state index contributed by atoms with van der Waals surface area (Å²) in [5, 5.41) is 4.41. The summed E-state index contributed by atoms with van der Waals surface area (Å²) in [5.74, 6) is -1.42. The van der Waals surface area contributed by atoms with Crippen molar-refractivity contribution in [1.82, 2.24) is 5.32 Å². The Morgan fingerprint density at radius 1 is 1.08 bits per heavy atom. The van der Waals surface area contributed by atoms with Crippen molar-refractivity contribution >= 4 is 29.0 Å². The van der Waals surface area contributed by atoms with Crippen molar-refractivity contribution in [3.05, 3.63) is 58.0 Å². The summed E-state index contributed by atoms with van der Waals surface area (Å²) in [5.41, 5.74) is 0.894. The zero-order valence-corrected chi connectivity index (χ0v) is 14.3. The monoisotopic (exact) mass is 363 g/mol. The summed E-state index contributed by atoms with van der Waals surface area (Å²) in [6.45, 7) is -0.0195. The van der Waals surface area contributed by atoms with Gasteiger partial charge in [-0.15, -0.1) is 11.3 Å². The standard InChI is InChI=1S/C18H18FNO4S/c19-14-5-3-13(4-6-14)9-10-20-17(22)12-24-18(23)8-7-15(21)16-2-1-11-25-16/h1-6,11H,7-10,12H2,(H,20,22). The van der Waals surface area contributed by atoms with Crippen molar-refractivity contribution in [2.75, 3.05) is 13.2 Å². The third-order valence-corrected chi connectivity index (χ3v) is 4.28. The molecule has 2 rings (SSSR count). The first-order chi connectivity index (χ1) is 12.0. The number of carbonyl (C=O) groups is 3. The van der Waals surface area contributed by atoms with Gasteiger partial charge in [-0.1, -0.05) is 18.2 Å². The number of hydrogen-bond donors (Lipinski definition) is 1. The Labute approximate surface area is 148 Å². The van der Waals surface area contributed by atoms with Gasteiger partial charge in [0.2, 0.25) is 0 Å². The number of halogens is 1. The van der Waals surface area contributed by atoms with E-state index in [9.17, 15) is 18.8 Å². The van der Waals surface area contributed by atoms with Crippen LogP contribution in [0, 0.1) is 5.82 Å². The maximum Gasteiger partial charge on any atom is 0.306 e. The molecule has 0 fully saturated rings. The second-order valence-corrected chi connectivity index (χ2v) is 6.24. The molecule has 0 saturated carbocycles. The second kappa shape index (κ2) is 9.68. The van der Waals surface area contributed by atoms with Crippen LogP contribution in [0.4, 0.5) is 4.39 Å². The average molecular weight is 363 g/mol. The normalized spacial score (nSPS) is 10.3. The van der Waals surface area contributed by atoms with E-state index in [1.807, 2.05) is 0 Å². The Bertz CT molecular complexity index is 713. The molecule has 7 heteroatoms. The van der Waals surface area contributed by atoms with Crippen molar-refractivity contribution in [1.29, 1.82) is 0 Å². The smallest absolute Gasteiger partial charge is 0.306 e. The number of nitrogens with one attached hydrogen (secondary N) is 1. The summed E-state index contributed by atoms with van der Waals surface area (Å²) < 4.78 is 17.6. The van der Waals surface area contributed by atoms with Gasteiger partial charge < -0.3 is 10.1 Å². The number of ketones is 1. The SMILES string of the molecule is O=C(COC(=O)CCC(=O)c1cccs1)NCCc1ccc(F)cc1. The lowest BCUT2D eigenvalue weighted by Gasteiger charge is -2.06. The van der Waals surface area contributed by atoms with Crippen molar-refractivity contribution < 1.29 is 23.5 Å². The van der Waals surface area contributed by atoms with Crippen molar-refractivity contribution in [2.45, 2.75) is 19.3 Å². The lowest BCUT2D eigenvalue weighted by atomic mass is 10.1. The summed E-state index contributed by atoms with van der Waals surface area (Å²) in [4.78, 5) is 35.5. The highest BCUT2D eigenvalue weighted by Gasteiger charge is 2.12. The van der Waals surface area contributed by atoms with Crippen LogP contribution < -0.4 is 5.32 Å². The number of rotatable bonds is 9.